The van der Waals surface area contributed by atoms with Crippen LogP contribution in [0.2, 0.25) is 0 Å². The lowest BCUT2D eigenvalue weighted by Gasteiger charge is -2.27. The third-order valence-electron chi connectivity index (χ3n) is 3.32. The molecule has 1 fully saturated rings. The van der Waals surface area contributed by atoms with E-state index in [4.69, 9.17) is 9.47 Å². The number of hydrogen-bond acceptors (Lipinski definition) is 5. The number of hydrogen-bond donors (Lipinski definition) is 1. The van der Waals surface area contributed by atoms with E-state index in [2.05, 4.69) is 42.9 Å². The molecule has 0 saturated carbocycles. The summed E-state index contributed by atoms with van der Waals surface area (Å²) in [6, 6.07) is 0.532. The minimum Gasteiger partial charge on any atom is -0.449 e. The van der Waals surface area contributed by atoms with Crippen molar-refractivity contribution >= 4 is 5.90 Å². The van der Waals surface area contributed by atoms with Crippen molar-refractivity contribution in [3.63, 3.8) is 0 Å². The third-order valence-corrected chi connectivity index (χ3v) is 3.32. The SMILES string of the molecule is C/C=C/OC(COC)=NC(C)N1CCC(NC(C)(C)C)C1. The standard InChI is InChI=1S/C16H31N3O2/c1-7-10-21-15(12-20-6)17-13(2)19-9-8-14(11-19)18-16(3,4)5/h7,10,13-14,18H,8-9,11-12H2,1-6H3/b10-7+,17-15?. The minimum absolute atomic E-state index is 0.104. The van der Waals surface area contributed by atoms with Gasteiger partial charge in [0, 0.05) is 31.8 Å². The van der Waals surface area contributed by atoms with Crippen molar-refractivity contribution in [2.24, 2.45) is 4.99 Å². The van der Waals surface area contributed by atoms with E-state index in [1.807, 2.05) is 13.0 Å². The van der Waals surface area contributed by atoms with Crippen LogP contribution < -0.4 is 5.32 Å². The van der Waals surface area contributed by atoms with Gasteiger partial charge in [-0.3, -0.25) is 4.90 Å². The summed E-state index contributed by atoms with van der Waals surface area (Å²) >= 11 is 0. The molecular formula is C16H31N3O2. The number of allylic oxidation sites excluding steroid dienone is 1. The molecule has 0 aliphatic carbocycles. The number of rotatable bonds is 6. The fourth-order valence-corrected chi connectivity index (χ4v) is 2.52. The summed E-state index contributed by atoms with van der Waals surface area (Å²) in [5, 5.41) is 3.66. The van der Waals surface area contributed by atoms with Crippen molar-refractivity contribution in [1.82, 2.24) is 10.2 Å². The number of ether oxygens (including phenoxy) is 2. The highest BCUT2D eigenvalue weighted by Gasteiger charge is 2.28. The van der Waals surface area contributed by atoms with Gasteiger partial charge in [-0.1, -0.05) is 6.08 Å². The highest BCUT2D eigenvalue weighted by Crippen LogP contribution is 2.16. The Bertz CT molecular complexity index is 361. The molecule has 1 N–H and O–H groups in total. The predicted octanol–water partition coefficient (Wildman–Crippen LogP) is 2.39. The van der Waals surface area contributed by atoms with Crippen LogP contribution in [-0.2, 0) is 9.47 Å². The zero-order valence-corrected chi connectivity index (χ0v) is 14.3. The molecule has 0 bridgehead atoms. The first-order valence-electron chi connectivity index (χ1n) is 7.71. The van der Waals surface area contributed by atoms with Crippen LogP contribution in [0.3, 0.4) is 0 Å². The first-order valence-corrected chi connectivity index (χ1v) is 7.71. The first kappa shape index (κ1) is 18.1. The van der Waals surface area contributed by atoms with Gasteiger partial charge in [-0.2, -0.15) is 0 Å². The fourth-order valence-electron chi connectivity index (χ4n) is 2.52. The molecule has 1 rings (SSSR count). The summed E-state index contributed by atoms with van der Waals surface area (Å²) in [6.45, 7) is 13.1. The fraction of sp³-hybridized carbons (Fsp3) is 0.812. The summed E-state index contributed by atoms with van der Waals surface area (Å²) in [5.41, 5.74) is 0.156. The van der Waals surface area contributed by atoms with E-state index in [0.717, 1.165) is 19.5 Å². The van der Waals surface area contributed by atoms with Crippen LogP contribution in [0.4, 0.5) is 0 Å². The Hall–Kier alpha value is -0.910. The number of methoxy groups -OCH3 is 1. The maximum atomic E-state index is 5.47. The van der Waals surface area contributed by atoms with Crippen molar-refractivity contribution < 1.29 is 9.47 Å². The molecule has 0 aromatic carbocycles. The van der Waals surface area contributed by atoms with Gasteiger partial charge in [-0.05, 0) is 41.0 Å². The second kappa shape index (κ2) is 8.51. The van der Waals surface area contributed by atoms with Crippen molar-refractivity contribution in [1.29, 1.82) is 0 Å². The Morgan fingerprint density at radius 2 is 2.19 bits per heavy atom. The molecule has 1 saturated heterocycles. The van der Waals surface area contributed by atoms with Gasteiger partial charge in [-0.15, -0.1) is 0 Å². The van der Waals surface area contributed by atoms with E-state index < -0.39 is 0 Å². The number of nitrogens with zero attached hydrogens (tertiary/aromatic N) is 2. The summed E-state index contributed by atoms with van der Waals surface area (Å²) in [5.74, 6) is 0.621. The van der Waals surface area contributed by atoms with Crippen LogP contribution in [0.25, 0.3) is 0 Å². The highest BCUT2D eigenvalue weighted by molar-refractivity contribution is 5.78. The van der Waals surface area contributed by atoms with Crippen LogP contribution in [-0.4, -0.2) is 55.4 Å². The number of aliphatic imine (C=N–C) groups is 1. The molecule has 0 radical (unpaired) electrons. The minimum atomic E-state index is 0.104. The molecule has 21 heavy (non-hydrogen) atoms. The highest BCUT2D eigenvalue weighted by atomic mass is 16.5. The van der Waals surface area contributed by atoms with Gasteiger partial charge in [0.05, 0.1) is 6.26 Å². The maximum Gasteiger partial charge on any atom is 0.216 e. The Morgan fingerprint density at radius 1 is 1.48 bits per heavy atom. The normalized spacial score (nSPS) is 23.0. The zero-order chi connectivity index (χ0) is 15.9. The van der Waals surface area contributed by atoms with Gasteiger partial charge < -0.3 is 14.8 Å². The van der Waals surface area contributed by atoms with Crippen LogP contribution in [0.5, 0.6) is 0 Å². The van der Waals surface area contributed by atoms with E-state index in [9.17, 15) is 0 Å². The first-order chi connectivity index (χ1) is 9.85. The van der Waals surface area contributed by atoms with E-state index >= 15 is 0 Å². The average molecular weight is 297 g/mol. The molecule has 0 amide bonds. The van der Waals surface area contributed by atoms with Gasteiger partial charge in [0.2, 0.25) is 5.90 Å². The zero-order valence-electron chi connectivity index (χ0n) is 14.3. The second-order valence-corrected chi connectivity index (χ2v) is 6.55. The average Bonchev–Trinajstić information content (AvgIpc) is 2.82. The van der Waals surface area contributed by atoms with Crippen molar-refractivity contribution in [2.45, 2.75) is 58.8 Å². The summed E-state index contributed by atoms with van der Waals surface area (Å²) in [4.78, 5) is 7.01. The Labute approximate surface area is 129 Å². The van der Waals surface area contributed by atoms with Crippen molar-refractivity contribution in [3.05, 3.63) is 12.3 Å². The summed E-state index contributed by atoms with van der Waals surface area (Å²) in [6.07, 6.45) is 4.74. The predicted molar refractivity (Wildman–Crippen MR) is 87.5 cm³/mol. The van der Waals surface area contributed by atoms with Crippen LogP contribution in [0.15, 0.2) is 17.3 Å². The molecule has 2 unspecified atom stereocenters. The molecule has 122 valence electrons. The molecule has 5 nitrogen and oxygen atoms in total. The van der Waals surface area contributed by atoms with Gasteiger partial charge in [0.25, 0.3) is 0 Å². The Balaban J connectivity index is 2.56. The van der Waals surface area contributed by atoms with Gasteiger partial charge >= 0.3 is 0 Å². The van der Waals surface area contributed by atoms with Gasteiger partial charge in [0.1, 0.15) is 12.8 Å². The molecule has 0 aromatic heterocycles. The van der Waals surface area contributed by atoms with E-state index in [1.54, 1.807) is 13.4 Å². The monoisotopic (exact) mass is 297 g/mol. The van der Waals surface area contributed by atoms with E-state index in [1.165, 1.54) is 0 Å². The summed E-state index contributed by atoms with van der Waals surface area (Å²) in [7, 11) is 1.65. The lowest BCUT2D eigenvalue weighted by molar-refractivity contribution is 0.215. The van der Waals surface area contributed by atoms with Gasteiger partial charge in [-0.25, -0.2) is 4.99 Å². The lowest BCUT2D eigenvalue weighted by Crippen LogP contribution is -2.45. The number of nitrogens with one attached hydrogen (secondary N) is 1. The third kappa shape index (κ3) is 7.07. The van der Waals surface area contributed by atoms with Crippen LogP contribution in [0.1, 0.15) is 41.0 Å². The molecular weight excluding hydrogens is 266 g/mol. The number of likely N-dealkylation sites (tertiary alicyclic amines) is 1. The molecule has 0 aromatic rings. The maximum absolute atomic E-state index is 5.47. The topological polar surface area (TPSA) is 46.1 Å². The van der Waals surface area contributed by atoms with Gasteiger partial charge in [0.15, 0.2) is 0 Å². The molecule has 0 spiro atoms. The molecule has 1 heterocycles. The lowest BCUT2D eigenvalue weighted by atomic mass is 10.1. The quantitative estimate of drug-likeness (QED) is 0.464. The second-order valence-electron chi connectivity index (χ2n) is 6.55. The van der Waals surface area contributed by atoms with E-state index in [0.29, 0.717) is 18.5 Å². The smallest absolute Gasteiger partial charge is 0.216 e. The Kier molecular flexibility index (Phi) is 7.35. The van der Waals surface area contributed by atoms with Crippen LogP contribution in [0, 0.1) is 0 Å². The molecule has 1 aliphatic heterocycles. The van der Waals surface area contributed by atoms with Crippen LogP contribution >= 0.6 is 0 Å². The molecule has 1 aliphatic rings. The molecule has 2 atom stereocenters. The Morgan fingerprint density at radius 3 is 2.76 bits per heavy atom. The van der Waals surface area contributed by atoms with E-state index in [-0.39, 0.29) is 11.7 Å². The van der Waals surface area contributed by atoms with Crippen molar-refractivity contribution in [3.8, 4) is 0 Å². The summed E-state index contributed by atoms with van der Waals surface area (Å²) < 4.78 is 10.6. The largest absolute Gasteiger partial charge is 0.449 e. The van der Waals surface area contributed by atoms with Crippen molar-refractivity contribution in [2.75, 3.05) is 26.8 Å². The molecule has 5 heteroatoms.